The fourth-order valence-corrected chi connectivity index (χ4v) is 2.51. The highest BCUT2D eigenvalue weighted by Gasteiger charge is 2.21. The Morgan fingerprint density at radius 2 is 1.89 bits per heavy atom. The van der Waals surface area contributed by atoms with Crippen molar-refractivity contribution in [1.29, 1.82) is 0 Å². The largest absolute Gasteiger partial charge is 0.371 e. The van der Waals surface area contributed by atoms with Crippen molar-refractivity contribution in [2.45, 2.75) is 0 Å². The van der Waals surface area contributed by atoms with E-state index in [0.29, 0.717) is 0 Å². The molecular formula is C13H13BrN4. The van der Waals surface area contributed by atoms with Gasteiger partial charge < -0.3 is 9.80 Å². The first-order valence-corrected chi connectivity index (χ1v) is 6.60. The van der Waals surface area contributed by atoms with Gasteiger partial charge in [-0.3, -0.25) is 0 Å². The molecule has 18 heavy (non-hydrogen) atoms. The van der Waals surface area contributed by atoms with Gasteiger partial charge in [-0.15, -0.1) is 0 Å². The van der Waals surface area contributed by atoms with Crippen LogP contribution in [0.3, 0.4) is 0 Å². The molecule has 92 valence electrons. The fraction of sp³-hybridized carbons (Fsp3) is 0.231. The first kappa shape index (κ1) is 11.5. The van der Waals surface area contributed by atoms with E-state index in [1.54, 1.807) is 6.33 Å². The number of hydrogen-bond acceptors (Lipinski definition) is 4. The molecule has 0 saturated carbocycles. The van der Waals surface area contributed by atoms with Crippen LogP contribution in [0.2, 0.25) is 0 Å². The Kier molecular flexibility index (Phi) is 2.91. The van der Waals surface area contributed by atoms with E-state index < -0.39 is 0 Å². The molecule has 3 rings (SSSR count). The van der Waals surface area contributed by atoms with Crippen LogP contribution in [0.25, 0.3) is 0 Å². The number of benzene rings is 1. The van der Waals surface area contributed by atoms with Crippen molar-refractivity contribution in [2.24, 2.45) is 0 Å². The number of likely N-dealkylation sites (N-methyl/N-ethyl adjacent to an activating group) is 1. The van der Waals surface area contributed by atoms with Gasteiger partial charge in [0.2, 0.25) is 0 Å². The number of rotatable bonds is 1. The summed E-state index contributed by atoms with van der Waals surface area (Å²) < 4.78 is 0.809. The molecule has 2 heterocycles. The van der Waals surface area contributed by atoms with Gasteiger partial charge in [0.05, 0.1) is 11.4 Å². The van der Waals surface area contributed by atoms with Crippen LogP contribution >= 0.6 is 15.9 Å². The molecule has 1 aromatic carbocycles. The second kappa shape index (κ2) is 4.57. The minimum Gasteiger partial charge on any atom is -0.371 e. The maximum Gasteiger partial charge on any atom is 0.137 e. The van der Waals surface area contributed by atoms with Gasteiger partial charge in [-0.05, 0) is 28.1 Å². The molecular weight excluding hydrogens is 292 g/mol. The summed E-state index contributed by atoms with van der Waals surface area (Å²) in [6, 6.07) is 10.3. The average Bonchev–Trinajstić information content (AvgIpc) is 2.39. The predicted molar refractivity (Wildman–Crippen MR) is 76.5 cm³/mol. The summed E-state index contributed by atoms with van der Waals surface area (Å²) in [5.41, 5.74) is 2.43. The molecule has 0 aliphatic carbocycles. The molecule has 0 N–H and O–H groups in total. The Labute approximate surface area is 114 Å². The molecule has 0 radical (unpaired) electrons. The maximum atomic E-state index is 4.35. The first-order chi connectivity index (χ1) is 8.75. The molecule has 5 heteroatoms. The molecule has 1 aromatic heterocycles. The van der Waals surface area contributed by atoms with Crippen LogP contribution in [0, 0.1) is 0 Å². The summed E-state index contributed by atoms with van der Waals surface area (Å²) in [6.07, 6.45) is 1.58. The Hall–Kier alpha value is -1.62. The normalized spacial score (nSPS) is 14.6. The number of para-hydroxylation sites is 2. The van der Waals surface area contributed by atoms with E-state index in [1.165, 1.54) is 11.4 Å². The lowest BCUT2D eigenvalue weighted by Crippen LogP contribution is -2.36. The highest BCUT2D eigenvalue weighted by Crippen LogP contribution is 2.36. The van der Waals surface area contributed by atoms with E-state index in [-0.39, 0.29) is 0 Å². The third kappa shape index (κ3) is 1.95. The monoisotopic (exact) mass is 304 g/mol. The van der Waals surface area contributed by atoms with Gasteiger partial charge in [0.15, 0.2) is 0 Å². The summed E-state index contributed by atoms with van der Waals surface area (Å²) in [7, 11) is 2.12. The maximum absolute atomic E-state index is 4.35. The lowest BCUT2D eigenvalue weighted by molar-refractivity contribution is 0.811. The molecule has 0 spiro atoms. The van der Waals surface area contributed by atoms with Crippen molar-refractivity contribution in [3.05, 3.63) is 41.3 Å². The molecule has 1 aliphatic heterocycles. The Morgan fingerprint density at radius 3 is 2.67 bits per heavy atom. The zero-order valence-corrected chi connectivity index (χ0v) is 11.6. The van der Waals surface area contributed by atoms with E-state index in [0.717, 1.165) is 23.5 Å². The lowest BCUT2D eigenvalue weighted by Gasteiger charge is -2.36. The zero-order valence-electron chi connectivity index (χ0n) is 10.0. The molecule has 2 aromatic rings. The summed E-state index contributed by atoms with van der Waals surface area (Å²) in [5, 5.41) is 0. The van der Waals surface area contributed by atoms with E-state index in [4.69, 9.17) is 0 Å². The Bertz CT molecular complexity index is 572. The number of halogens is 1. The molecule has 1 aliphatic rings. The van der Waals surface area contributed by atoms with Gasteiger partial charge in [0.25, 0.3) is 0 Å². The van der Waals surface area contributed by atoms with Crippen molar-refractivity contribution in [1.82, 2.24) is 9.97 Å². The summed E-state index contributed by atoms with van der Waals surface area (Å²) in [5.74, 6) is 0.928. The van der Waals surface area contributed by atoms with E-state index in [9.17, 15) is 0 Å². The second-order valence-corrected chi connectivity index (χ2v) is 5.07. The molecule has 0 atom stereocenters. The SMILES string of the molecule is CN1CCN(c2cc(Br)ncn2)c2ccccc21. The highest BCUT2D eigenvalue weighted by atomic mass is 79.9. The molecule has 0 bridgehead atoms. The topological polar surface area (TPSA) is 32.3 Å². The van der Waals surface area contributed by atoms with Gasteiger partial charge in [-0.25, -0.2) is 9.97 Å². The van der Waals surface area contributed by atoms with Crippen LogP contribution in [0.4, 0.5) is 17.2 Å². The van der Waals surface area contributed by atoms with Gasteiger partial charge in [-0.1, -0.05) is 12.1 Å². The average molecular weight is 305 g/mol. The predicted octanol–water partition coefficient (Wildman–Crippen LogP) is 2.83. The van der Waals surface area contributed by atoms with Gasteiger partial charge in [-0.2, -0.15) is 0 Å². The Balaban J connectivity index is 2.07. The molecule has 0 fully saturated rings. The van der Waals surface area contributed by atoms with Crippen LogP contribution in [0.5, 0.6) is 0 Å². The molecule has 4 nitrogen and oxygen atoms in total. The summed E-state index contributed by atoms with van der Waals surface area (Å²) in [4.78, 5) is 12.9. The minimum absolute atomic E-state index is 0.809. The smallest absolute Gasteiger partial charge is 0.137 e. The van der Waals surface area contributed by atoms with E-state index in [1.807, 2.05) is 6.07 Å². The van der Waals surface area contributed by atoms with E-state index in [2.05, 4.69) is 67.0 Å². The standard InChI is InChI=1S/C13H13BrN4/c1-17-6-7-18(11-5-3-2-4-10(11)17)13-8-12(14)15-9-16-13/h2-5,8-9H,6-7H2,1H3. The Morgan fingerprint density at radius 1 is 1.11 bits per heavy atom. The second-order valence-electron chi connectivity index (χ2n) is 4.26. The number of hydrogen-bond donors (Lipinski definition) is 0. The third-order valence-corrected chi connectivity index (χ3v) is 3.57. The first-order valence-electron chi connectivity index (χ1n) is 5.81. The highest BCUT2D eigenvalue weighted by molar-refractivity contribution is 9.10. The number of aromatic nitrogens is 2. The van der Waals surface area contributed by atoms with Crippen LogP contribution in [-0.2, 0) is 0 Å². The quantitative estimate of drug-likeness (QED) is 0.758. The third-order valence-electron chi connectivity index (χ3n) is 3.14. The van der Waals surface area contributed by atoms with Crippen LogP contribution < -0.4 is 9.80 Å². The van der Waals surface area contributed by atoms with Crippen molar-refractivity contribution in [3.63, 3.8) is 0 Å². The number of anilines is 3. The lowest BCUT2D eigenvalue weighted by atomic mass is 10.2. The molecule has 0 amide bonds. The number of nitrogens with zero attached hydrogens (tertiary/aromatic N) is 4. The van der Waals surface area contributed by atoms with Crippen molar-refractivity contribution >= 4 is 33.1 Å². The van der Waals surface area contributed by atoms with Crippen LogP contribution in [0.1, 0.15) is 0 Å². The molecule has 0 unspecified atom stereocenters. The van der Waals surface area contributed by atoms with E-state index >= 15 is 0 Å². The van der Waals surface area contributed by atoms with Gasteiger partial charge in [0, 0.05) is 26.2 Å². The van der Waals surface area contributed by atoms with Crippen molar-refractivity contribution in [3.8, 4) is 0 Å². The summed E-state index contributed by atoms with van der Waals surface area (Å²) in [6.45, 7) is 1.91. The van der Waals surface area contributed by atoms with Crippen LogP contribution in [-0.4, -0.2) is 30.1 Å². The zero-order chi connectivity index (χ0) is 12.5. The van der Waals surface area contributed by atoms with Crippen molar-refractivity contribution < 1.29 is 0 Å². The fourth-order valence-electron chi connectivity index (χ4n) is 2.22. The van der Waals surface area contributed by atoms with Crippen LogP contribution in [0.15, 0.2) is 41.3 Å². The minimum atomic E-state index is 0.809. The summed E-state index contributed by atoms with van der Waals surface area (Å²) >= 11 is 3.39. The van der Waals surface area contributed by atoms with Gasteiger partial charge >= 0.3 is 0 Å². The van der Waals surface area contributed by atoms with Crippen molar-refractivity contribution in [2.75, 3.05) is 29.9 Å². The molecule has 0 saturated heterocycles. The van der Waals surface area contributed by atoms with Gasteiger partial charge in [0.1, 0.15) is 16.7 Å². The number of fused-ring (bicyclic) bond motifs is 1.